The molecule has 4 rings (SSSR count). The summed E-state index contributed by atoms with van der Waals surface area (Å²) in [6, 6.07) is 17.4. The molecule has 0 saturated carbocycles. The third-order valence-electron chi connectivity index (χ3n) is 4.78. The van der Waals surface area contributed by atoms with Crippen LogP contribution in [0.25, 0.3) is 0 Å². The Balaban J connectivity index is 1.42. The number of pyridine rings is 1. The van der Waals surface area contributed by atoms with Crippen LogP contribution >= 0.6 is 11.5 Å². The van der Waals surface area contributed by atoms with Crippen LogP contribution < -0.4 is 10.1 Å². The van der Waals surface area contributed by atoms with Gasteiger partial charge < -0.3 is 10.1 Å². The Bertz CT molecular complexity index is 1170. The van der Waals surface area contributed by atoms with Crippen molar-refractivity contribution in [1.29, 1.82) is 0 Å². The van der Waals surface area contributed by atoms with Crippen molar-refractivity contribution in [3.8, 4) is 10.9 Å². The summed E-state index contributed by atoms with van der Waals surface area (Å²) < 4.78 is 10.4. The fourth-order valence-corrected chi connectivity index (χ4v) is 3.53. The summed E-state index contributed by atoms with van der Waals surface area (Å²) >= 11 is 1.21. The first-order valence-electron chi connectivity index (χ1n) is 9.90. The second kappa shape index (κ2) is 9.49. The molecule has 2 heterocycles. The Hall–Kier alpha value is -3.58. The molecule has 0 atom stereocenters. The zero-order valence-corrected chi connectivity index (χ0v) is 18.1. The van der Waals surface area contributed by atoms with E-state index in [-0.39, 0.29) is 5.91 Å². The van der Waals surface area contributed by atoms with E-state index in [1.54, 1.807) is 24.5 Å². The minimum atomic E-state index is -0.168. The summed E-state index contributed by atoms with van der Waals surface area (Å²) in [5.41, 5.74) is 4.81. The van der Waals surface area contributed by atoms with E-state index in [1.165, 1.54) is 17.1 Å². The highest BCUT2D eigenvalue weighted by Crippen LogP contribution is 2.28. The van der Waals surface area contributed by atoms with Crippen LogP contribution in [0.4, 0.5) is 0 Å². The predicted molar refractivity (Wildman–Crippen MR) is 121 cm³/mol. The molecular formula is C24H22N4O2S. The van der Waals surface area contributed by atoms with Crippen LogP contribution in [-0.4, -0.2) is 20.2 Å². The molecular weight excluding hydrogens is 408 g/mol. The quantitative estimate of drug-likeness (QED) is 0.453. The van der Waals surface area contributed by atoms with Crippen molar-refractivity contribution in [3.05, 3.63) is 101 Å². The molecule has 7 heteroatoms. The molecule has 0 aliphatic carbocycles. The third-order valence-corrected chi connectivity index (χ3v) is 5.42. The predicted octanol–water partition coefficient (Wildman–Crippen LogP) is 4.86. The van der Waals surface area contributed by atoms with Crippen molar-refractivity contribution >= 4 is 17.4 Å². The van der Waals surface area contributed by atoms with Crippen molar-refractivity contribution in [3.63, 3.8) is 0 Å². The second-order valence-electron chi connectivity index (χ2n) is 7.26. The molecule has 6 nitrogen and oxygen atoms in total. The minimum Gasteiger partial charge on any atom is -0.430 e. The van der Waals surface area contributed by atoms with Gasteiger partial charge in [0, 0.05) is 42.5 Å². The largest absolute Gasteiger partial charge is 0.430 e. The van der Waals surface area contributed by atoms with Crippen molar-refractivity contribution < 1.29 is 9.53 Å². The molecule has 0 aliphatic heterocycles. The molecule has 2 aromatic heterocycles. The van der Waals surface area contributed by atoms with Crippen LogP contribution in [0, 0.1) is 13.8 Å². The lowest BCUT2D eigenvalue weighted by Crippen LogP contribution is -2.22. The summed E-state index contributed by atoms with van der Waals surface area (Å²) in [6.45, 7) is 4.43. The number of rotatable bonds is 7. The molecule has 0 spiro atoms. The molecule has 0 radical (unpaired) electrons. The number of carbonyl (C=O) groups excluding carboxylic acids is 1. The molecule has 156 valence electrons. The summed E-state index contributed by atoms with van der Waals surface area (Å²) in [5.74, 6) is 1.14. The topological polar surface area (TPSA) is 77.0 Å². The average molecular weight is 431 g/mol. The van der Waals surface area contributed by atoms with Gasteiger partial charge in [-0.2, -0.15) is 9.36 Å². The fourth-order valence-electron chi connectivity index (χ4n) is 2.97. The van der Waals surface area contributed by atoms with Crippen molar-refractivity contribution in [2.45, 2.75) is 26.8 Å². The van der Waals surface area contributed by atoms with Gasteiger partial charge in [-0.05, 0) is 54.8 Å². The molecule has 31 heavy (non-hydrogen) atoms. The Morgan fingerprint density at radius 2 is 1.77 bits per heavy atom. The van der Waals surface area contributed by atoms with Crippen LogP contribution in [0.2, 0.25) is 0 Å². The lowest BCUT2D eigenvalue weighted by Gasteiger charge is -2.09. The minimum absolute atomic E-state index is 0.168. The number of nitrogens with one attached hydrogen (secondary N) is 1. The smallest absolute Gasteiger partial charge is 0.298 e. The van der Waals surface area contributed by atoms with Gasteiger partial charge in [0.2, 0.25) is 0 Å². The highest BCUT2D eigenvalue weighted by Gasteiger charge is 2.12. The second-order valence-corrected chi connectivity index (χ2v) is 7.97. The van der Waals surface area contributed by atoms with Gasteiger partial charge in [0.15, 0.2) is 5.82 Å². The summed E-state index contributed by atoms with van der Waals surface area (Å²) in [7, 11) is 0. The van der Waals surface area contributed by atoms with E-state index in [4.69, 9.17) is 4.74 Å². The van der Waals surface area contributed by atoms with Crippen LogP contribution in [-0.2, 0) is 13.0 Å². The number of nitrogens with zero attached hydrogens (tertiary/aromatic N) is 3. The molecule has 0 bridgehead atoms. The van der Waals surface area contributed by atoms with Crippen molar-refractivity contribution in [2.24, 2.45) is 0 Å². The average Bonchev–Trinajstić information content (AvgIpc) is 3.22. The molecule has 0 unspecified atom stereocenters. The maximum atomic E-state index is 12.6. The molecule has 0 aliphatic rings. The van der Waals surface area contributed by atoms with E-state index in [9.17, 15) is 4.79 Å². The van der Waals surface area contributed by atoms with Crippen LogP contribution in [0.15, 0.2) is 67.0 Å². The Morgan fingerprint density at radius 1 is 1.00 bits per heavy atom. The number of aryl methyl sites for hydroxylation is 2. The van der Waals surface area contributed by atoms with E-state index < -0.39 is 0 Å². The zero-order chi connectivity index (χ0) is 21.6. The van der Waals surface area contributed by atoms with Gasteiger partial charge in [-0.3, -0.25) is 9.78 Å². The first-order chi connectivity index (χ1) is 15.1. The number of carbonyl (C=O) groups is 1. The first kappa shape index (κ1) is 20.7. The third kappa shape index (κ3) is 5.52. The highest BCUT2D eigenvalue weighted by atomic mass is 32.1. The van der Waals surface area contributed by atoms with Crippen molar-refractivity contribution in [2.75, 3.05) is 0 Å². The number of hydrogen-bond acceptors (Lipinski definition) is 6. The van der Waals surface area contributed by atoms with Crippen LogP contribution in [0.3, 0.4) is 0 Å². The van der Waals surface area contributed by atoms with E-state index >= 15 is 0 Å². The van der Waals surface area contributed by atoms with Crippen LogP contribution in [0.1, 0.15) is 38.4 Å². The van der Waals surface area contributed by atoms with Crippen LogP contribution in [0.5, 0.6) is 10.9 Å². The van der Waals surface area contributed by atoms with Gasteiger partial charge in [0.1, 0.15) is 5.75 Å². The summed E-state index contributed by atoms with van der Waals surface area (Å²) in [5, 5.41) is 3.37. The molecule has 4 aromatic rings. The van der Waals surface area contributed by atoms with Gasteiger partial charge in [0.25, 0.3) is 11.1 Å². The van der Waals surface area contributed by atoms with E-state index in [0.29, 0.717) is 35.3 Å². The van der Waals surface area contributed by atoms with E-state index in [0.717, 1.165) is 16.7 Å². The first-order valence-corrected chi connectivity index (χ1v) is 10.7. The maximum Gasteiger partial charge on any atom is 0.298 e. The van der Waals surface area contributed by atoms with Gasteiger partial charge in [-0.1, -0.05) is 35.9 Å². The SMILES string of the molecule is Cc1ccc(Cc2nsc(Oc3cc(C(=O)NCc4ccncc4)ccc3C)n2)cc1. The van der Waals surface area contributed by atoms with Gasteiger partial charge in [-0.15, -0.1) is 0 Å². The highest BCUT2D eigenvalue weighted by molar-refractivity contribution is 7.07. The number of amides is 1. The molecule has 2 aromatic carbocycles. The molecule has 1 N–H and O–H groups in total. The zero-order valence-electron chi connectivity index (χ0n) is 17.3. The Kier molecular flexibility index (Phi) is 6.33. The number of hydrogen-bond donors (Lipinski definition) is 1. The Labute approximate surface area is 185 Å². The lowest BCUT2D eigenvalue weighted by atomic mass is 10.1. The monoisotopic (exact) mass is 430 g/mol. The maximum absolute atomic E-state index is 12.6. The van der Waals surface area contributed by atoms with E-state index in [1.807, 2.05) is 25.1 Å². The molecule has 0 saturated heterocycles. The molecule has 0 fully saturated rings. The normalized spacial score (nSPS) is 10.6. The fraction of sp³-hybridized carbons (Fsp3) is 0.167. The molecule has 1 amide bonds. The van der Waals surface area contributed by atoms with Gasteiger partial charge in [0.05, 0.1) is 0 Å². The number of benzene rings is 2. The number of aromatic nitrogens is 3. The lowest BCUT2D eigenvalue weighted by molar-refractivity contribution is 0.0950. The van der Waals surface area contributed by atoms with Gasteiger partial charge >= 0.3 is 0 Å². The van der Waals surface area contributed by atoms with Gasteiger partial charge in [-0.25, -0.2) is 0 Å². The summed E-state index contributed by atoms with van der Waals surface area (Å²) in [6.07, 6.45) is 4.06. The number of ether oxygens (including phenoxy) is 1. The van der Waals surface area contributed by atoms with Crippen molar-refractivity contribution in [1.82, 2.24) is 19.7 Å². The standard InChI is InChI=1S/C24H22N4O2S/c1-16-3-6-18(7-4-16)13-22-27-24(31-28-22)30-21-14-20(8-5-17(21)2)23(29)26-15-19-9-11-25-12-10-19/h3-12,14H,13,15H2,1-2H3,(H,26,29). The van der Waals surface area contributed by atoms with E-state index in [2.05, 4.69) is 50.8 Å². The summed E-state index contributed by atoms with van der Waals surface area (Å²) in [4.78, 5) is 21.0. The Morgan fingerprint density at radius 3 is 2.55 bits per heavy atom.